The lowest BCUT2D eigenvalue weighted by Crippen LogP contribution is -2.37. The van der Waals surface area contributed by atoms with E-state index in [0.29, 0.717) is 19.8 Å². The van der Waals surface area contributed by atoms with Gasteiger partial charge in [0.2, 0.25) is 5.91 Å². The molecule has 1 N–H and O–H groups in total. The number of carbonyl (C=O) groups is 1. The first-order chi connectivity index (χ1) is 11.4. The monoisotopic (exact) mass is 336 g/mol. The van der Waals surface area contributed by atoms with Crippen LogP contribution in [-0.2, 0) is 19.7 Å². The number of nitrogens with zero attached hydrogens (tertiary/aromatic N) is 1. The maximum atomic E-state index is 12.5. The summed E-state index contributed by atoms with van der Waals surface area (Å²) in [6.07, 6.45) is 0.895. The van der Waals surface area contributed by atoms with Gasteiger partial charge >= 0.3 is 0 Å². The van der Waals surface area contributed by atoms with Gasteiger partial charge in [-0.2, -0.15) is 0 Å². The molecule has 5 nitrogen and oxygen atoms in total. The maximum absolute atomic E-state index is 12.5. The third-order valence-electron chi connectivity index (χ3n) is 3.81. The second-order valence-electron chi connectivity index (χ2n) is 6.96. The molecule has 0 aromatic heterocycles. The fourth-order valence-corrected chi connectivity index (χ4v) is 2.56. The van der Waals surface area contributed by atoms with Crippen molar-refractivity contribution in [1.29, 1.82) is 0 Å². The van der Waals surface area contributed by atoms with Crippen molar-refractivity contribution >= 4 is 11.6 Å². The summed E-state index contributed by atoms with van der Waals surface area (Å²) < 4.78 is 10.2. The third kappa shape index (κ3) is 7.43. The lowest BCUT2D eigenvalue weighted by molar-refractivity contribution is -0.117. The molecule has 0 bridgehead atoms. The molecule has 1 rings (SSSR count). The Hall–Kier alpha value is -1.43. The molecular formula is C19H32N2O3. The number of carbonyl (C=O) groups excluding carboxylic acids is 1. The molecule has 0 unspecified atom stereocenters. The molecule has 0 atom stereocenters. The van der Waals surface area contributed by atoms with E-state index in [2.05, 4.69) is 37.1 Å². The molecule has 0 heterocycles. The first kappa shape index (κ1) is 20.6. The van der Waals surface area contributed by atoms with Crippen molar-refractivity contribution in [3.05, 3.63) is 29.8 Å². The Labute approximate surface area is 146 Å². The van der Waals surface area contributed by atoms with E-state index in [0.717, 1.165) is 30.8 Å². The normalized spacial score (nSPS) is 11.8. The zero-order chi connectivity index (χ0) is 18.0. The molecule has 24 heavy (non-hydrogen) atoms. The van der Waals surface area contributed by atoms with Crippen LogP contribution in [0.3, 0.4) is 0 Å². The summed E-state index contributed by atoms with van der Waals surface area (Å²) in [7, 11) is 3.36. The van der Waals surface area contributed by atoms with Crippen molar-refractivity contribution in [1.82, 2.24) is 4.90 Å². The van der Waals surface area contributed by atoms with Crippen molar-refractivity contribution in [2.75, 3.05) is 52.4 Å². The summed E-state index contributed by atoms with van der Waals surface area (Å²) in [5.41, 5.74) is 2.01. The van der Waals surface area contributed by atoms with Crippen molar-refractivity contribution in [2.24, 2.45) is 0 Å². The summed E-state index contributed by atoms with van der Waals surface area (Å²) in [6, 6.07) is 7.98. The Balaban J connectivity index is 2.68. The molecule has 0 fully saturated rings. The molecular weight excluding hydrogens is 304 g/mol. The topological polar surface area (TPSA) is 50.8 Å². The average molecular weight is 336 g/mol. The van der Waals surface area contributed by atoms with Crippen LogP contribution >= 0.6 is 0 Å². The minimum absolute atomic E-state index is 0.000204. The molecule has 136 valence electrons. The fourth-order valence-electron chi connectivity index (χ4n) is 2.56. The van der Waals surface area contributed by atoms with Crippen LogP contribution in [0.1, 0.15) is 32.8 Å². The second-order valence-corrected chi connectivity index (χ2v) is 6.96. The average Bonchev–Trinajstić information content (AvgIpc) is 2.52. The van der Waals surface area contributed by atoms with Gasteiger partial charge < -0.3 is 14.8 Å². The van der Waals surface area contributed by atoms with E-state index in [1.165, 1.54) is 0 Å². The molecule has 1 aromatic carbocycles. The van der Waals surface area contributed by atoms with E-state index in [4.69, 9.17) is 9.47 Å². The highest BCUT2D eigenvalue weighted by atomic mass is 16.5. The smallest absolute Gasteiger partial charge is 0.238 e. The minimum Gasteiger partial charge on any atom is -0.385 e. The molecule has 1 amide bonds. The van der Waals surface area contributed by atoms with E-state index in [9.17, 15) is 4.79 Å². The van der Waals surface area contributed by atoms with Crippen molar-refractivity contribution in [2.45, 2.75) is 32.6 Å². The number of methoxy groups -OCH3 is 2. The highest BCUT2D eigenvalue weighted by Crippen LogP contribution is 2.29. The number of amides is 1. The highest BCUT2D eigenvalue weighted by Gasteiger charge is 2.19. The Morgan fingerprint density at radius 2 is 1.75 bits per heavy atom. The van der Waals surface area contributed by atoms with Crippen LogP contribution in [0, 0.1) is 0 Å². The summed E-state index contributed by atoms with van der Waals surface area (Å²) >= 11 is 0. The Bertz CT molecular complexity index is 498. The Morgan fingerprint density at radius 3 is 2.38 bits per heavy atom. The van der Waals surface area contributed by atoms with Crippen molar-refractivity contribution < 1.29 is 14.3 Å². The van der Waals surface area contributed by atoms with Gasteiger partial charge in [-0.25, -0.2) is 0 Å². The first-order valence-corrected chi connectivity index (χ1v) is 8.48. The maximum Gasteiger partial charge on any atom is 0.238 e. The van der Waals surface area contributed by atoms with Gasteiger partial charge in [0.15, 0.2) is 0 Å². The molecule has 0 spiro atoms. The Kier molecular flexibility index (Phi) is 8.97. The largest absolute Gasteiger partial charge is 0.385 e. The molecule has 0 saturated carbocycles. The van der Waals surface area contributed by atoms with Crippen LogP contribution in [0.2, 0.25) is 0 Å². The number of hydrogen-bond donors (Lipinski definition) is 1. The van der Waals surface area contributed by atoms with Gasteiger partial charge in [-0.1, -0.05) is 39.0 Å². The van der Waals surface area contributed by atoms with E-state index in [1.54, 1.807) is 14.2 Å². The van der Waals surface area contributed by atoms with Crippen LogP contribution in [0.15, 0.2) is 24.3 Å². The van der Waals surface area contributed by atoms with Crippen LogP contribution < -0.4 is 5.32 Å². The van der Waals surface area contributed by atoms with E-state index >= 15 is 0 Å². The number of hydrogen-bond acceptors (Lipinski definition) is 4. The second kappa shape index (κ2) is 10.4. The molecule has 0 aliphatic carbocycles. The number of rotatable bonds is 10. The van der Waals surface area contributed by atoms with Gasteiger partial charge in [0, 0.05) is 39.6 Å². The molecule has 0 radical (unpaired) electrons. The minimum atomic E-state index is -0.0158. The number of ether oxygens (including phenoxy) is 2. The zero-order valence-electron chi connectivity index (χ0n) is 15.7. The van der Waals surface area contributed by atoms with Crippen LogP contribution in [0.25, 0.3) is 0 Å². The lowest BCUT2D eigenvalue weighted by atomic mass is 9.86. The number of para-hydroxylation sites is 1. The summed E-state index contributed by atoms with van der Waals surface area (Å²) in [4.78, 5) is 14.6. The first-order valence-electron chi connectivity index (χ1n) is 8.48. The predicted molar refractivity (Wildman–Crippen MR) is 98.6 cm³/mol. The Morgan fingerprint density at radius 1 is 1.08 bits per heavy atom. The van der Waals surface area contributed by atoms with Gasteiger partial charge in [0.1, 0.15) is 0 Å². The van der Waals surface area contributed by atoms with Gasteiger partial charge in [-0.05, 0) is 23.5 Å². The lowest BCUT2D eigenvalue weighted by Gasteiger charge is -2.25. The van der Waals surface area contributed by atoms with Crippen LogP contribution in [0.4, 0.5) is 5.69 Å². The number of benzene rings is 1. The van der Waals surface area contributed by atoms with Gasteiger partial charge in [0.25, 0.3) is 0 Å². The number of nitrogens with one attached hydrogen (secondary N) is 1. The molecule has 0 saturated heterocycles. The number of anilines is 1. The summed E-state index contributed by atoms with van der Waals surface area (Å²) in [5, 5.41) is 3.06. The summed E-state index contributed by atoms with van der Waals surface area (Å²) in [6.45, 7) is 9.64. The standard InChI is InChI=1S/C19H32N2O3/c1-19(2,3)16-9-6-7-10-17(16)20-18(22)15-21(12-14-24-5)11-8-13-23-4/h6-7,9-10H,8,11-15H2,1-5H3,(H,20,22). The van der Waals surface area contributed by atoms with Crippen LogP contribution in [-0.4, -0.2) is 57.9 Å². The molecule has 0 aliphatic heterocycles. The van der Waals surface area contributed by atoms with E-state index in [-0.39, 0.29) is 11.3 Å². The van der Waals surface area contributed by atoms with Crippen LogP contribution in [0.5, 0.6) is 0 Å². The SMILES string of the molecule is COCCCN(CCOC)CC(=O)Nc1ccccc1C(C)(C)C. The predicted octanol–water partition coefficient (Wildman–Crippen LogP) is 2.91. The summed E-state index contributed by atoms with van der Waals surface area (Å²) in [5.74, 6) is 0.000204. The quantitative estimate of drug-likeness (QED) is 0.668. The van der Waals surface area contributed by atoms with E-state index < -0.39 is 0 Å². The van der Waals surface area contributed by atoms with Gasteiger partial charge in [0.05, 0.1) is 13.2 Å². The van der Waals surface area contributed by atoms with Crippen molar-refractivity contribution in [3.8, 4) is 0 Å². The molecule has 5 heteroatoms. The van der Waals surface area contributed by atoms with Gasteiger partial charge in [-0.15, -0.1) is 0 Å². The fraction of sp³-hybridized carbons (Fsp3) is 0.632. The zero-order valence-corrected chi connectivity index (χ0v) is 15.7. The van der Waals surface area contributed by atoms with Crippen molar-refractivity contribution in [3.63, 3.8) is 0 Å². The third-order valence-corrected chi connectivity index (χ3v) is 3.81. The molecule has 0 aliphatic rings. The van der Waals surface area contributed by atoms with E-state index in [1.807, 2.05) is 18.2 Å². The molecule has 1 aromatic rings. The highest BCUT2D eigenvalue weighted by molar-refractivity contribution is 5.93. The van der Waals surface area contributed by atoms with Gasteiger partial charge in [-0.3, -0.25) is 9.69 Å².